The van der Waals surface area contributed by atoms with Gasteiger partial charge >= 0.3 is 6.18 Å². The zero-order chi connectivity index (χ0) is 23.1. The Morgan fingerprint density at radius 2 is 1.97 bits per heavy atom. The van der Waals surface area contributed by atoms with Gasteiger partial charge in [0, 0.05) is 28.2 Å². The summed E-state index contributed by atoms with van der Waals surface area (Å²) in [4.78, 5) is 1.33. The summed E-state index contributed by atoms with van der Waals surface area (Å²) in [5.74, 6) is 0. The number of benzene rings is 1. The minimum atomic E-state index is -4.42. The molecule has 1 aromatic carbocycles. The van der Waals surface area contributed by atoms with Crippen LogP contribution in [-0.4, -0.2) is 11.4 Å². The molecule has 0 unspecified atom stereocenters. The van der Waals surface area contributed by atoms with Gasteiger partial charge in [-0.25, -0.2) is 0 Å². The molecule has 1 aliphatic carbocycles. The smallest absolute Gasteiger partial charge is 0.347 e. The Kier molecular flexibility index (Phi) is 6.71. The van der Waals surface area contributed by atoms with Crippen LogP contribution < -0.4 is 5.32 Å². The largest absolute Gasteiger partial charge is 0.416 e. The summed E-state index contributed by atoms with van der Waals surface area (Å²) < 4.78 is 41.7. The van der Waals surface area contributed by atoms with Crippen molar-refractivity contribution in [3.8, 4) is 0 Å². The van der Waals surface area contributed by atoms with Crippen LogP contribution in [0.15, 0.2) is 31.4 Å². The topological polar surface area (TPSA) is 15.3 Å². The maximum Gasteiger partial charge on any atom is 0.416 e. The molecule has 0 aliphatic heterocycles. The number of nitrogens with zero attached hydrogens (tertiary/aromatic N) is 1. The van der Waals surface area contributed by atoms with Gasteiger partial charge in [0.25, 0.3) is 0 Å². The van der Waals surface area contributed by atoms with E-state index in [9.17, 15) is 13.2 Å². The van der Waals surface area contributed by atoms with Crippen molar-refractivity contribution >= 4 is 40.4 Å². The third-order valence-electron chi connectivity index (χ3n) is 5.63. The lowest BCUT2D eigenvalue weighted by Gasteiger charge is -2.30. The zero-order valence-electron chi connectivity index (χ0n) is 18.4. The van der Waals surface area contributed by atoms with Crippen molar-refractivity contribution in [2.75, 3.05) is 12.4 Å². The normalized spacial score (nSPS) is 15.6. The van der Waals surface area contributed by atoms with Crippen molar-refractivity contribution in [1.82, 2.24) is 4.31 Å². The van der Waals surface area contributed by atoms with Crippen molar-refractivity contribution < 1.29 is 13.2 Å². The number of thiol groups is 1. The molecule has 3 rings (SSSR count). The molecule has 0 radical (unpaired) electrons. The minimum Gasteiger partial charge on any atom is -0.347 e. The lowest BCUT2D eigenvalue weighted by molar-refractivity contribution is -0.137. The number of nitrogens with one attached hydrogen (secondary N) is 1. The van der Waals surface area contributed by atoms with E-state index in [1.807, 2.05) is 6.92 Å². The quantitative estimate of drug-likeness (QED) is 0.425. The van der Waals surface area contributed by atoms with E-state index in [2.05, 4.69) is 45.1 Å². The first kappa shape index (κ1) is 24.0. The molecule has 0 spiro atoms. The van der Waals surface area contributed by atoms with E-state index in [1.165, 1.54) is 22.6 Å². The van der Waals surface area contributed by atoms with Gasteiger partial charge in [-0.1, -0.05) is 45.9 Å². The molecule has 2 nitrogen and oxygen atoms in total. The second-order valence-electron chi connectivity index (χ2n) is 9.12. The van der Waals surface area contributed by atoms with Gasteiger partial charge < -0.3 is 5.32 Å². The molecule has 2 aromatic rings. The molecule has 0 bridgehead atoms. The molecule has 1 aromatic heterocycles. The number of fused-ring (bicyclic) bond motifs is 1. The molecular weight excluding hydrogens is 437 g/mol. The summed E-state index contributed by atoms with van der Waals surface area (Å²) in [6, 6.07) is 3.77. The lowest BCUT2D eigenvalue weighted by atomic mass is 9.75. The van der Waals surface area contributed by atoms with Gasteiger partial charge in [0.1, 0.15) is 5.00 Å². The van der Waals surface area contributed by atoms with Gasteiger partial charge in [0.05, 0.1) is 5.56 Å². The third-order valence-corrected chi connectivity index (χ3v) is 6.98. The van der Waals surface area contributed by atoms with Crippen molar-refractivity contribution in [1.29, 1.82) is 0 Å². The van der Waals surface area contributed by atoms with E-state index in [1.54, 1.807) is 22.7 Å². The number of rotatable bonds is 6. The fraction of sp³-hybridized carbons (Fsp3) is 0.417. The van der Waals surface area contributed by atoms with Crippen molar-refractivity contribution in [3.05, 3.63) is 64.1 Å². The fourth-order valence-electron chi connectivity index (χ4n) is 4.08. The number of halogens is 3. The number of hydrogen-bond donors (Lipinski definition) is 2. The molecule has 1 aliphatic rings. The first-order chi connectivity index (χ1) is 14.3. The molecule has 31 heavy (non-hydrogen) atoms. The fourth-order valence-corrected chi connectivity index (χ4v) is 5.56. The average molecular weight is 467 g/mol. The number of thiophene rings is 1. The van der Waals surface area contributed by atoms with Crippen LogP contribution in [0.5, 0.6) is 0 Å². The highest BCUT2D eigenvalue weighted by Gasteiger charge is 2.32. The van der Waals surface area contributed by atoms with E-state index in [-0.39, 0.29) is 5.41 Å². The second-order valence-corrected chi connectivity index (χ2v) is 10.9. The van der Waals surface area contributed by atoms with E-state index in [0.29, 0.717) is 17.8 Å². The number of alkyl halides is 3. The minimum absolute atomic E-state index is 0.220. The van der Waals surface area contributed by atoms with E-state index < -0.39 is 11.7 Å². The Morgan fingerprint density at radius 1 is 1.29 bits per heavy atom. The predicted octanol–water partition coefficient (Wildman–Crippen LogP) is 7.67. The van der Waals surface area contributed by atoms with Crippen LogP contribution in [0.3, 0.4) is 0 Å². The summed E-state index contributed by atoms with van der Waals surface area (Å²) in [5, 5.41) is 4.24. The predicted molar refractivity (Wildman–Crippen MR) is 129 cm³/mol. The molecule has 0 atom stereocenters. The van der Waals surface area contributed by atoms with Gasteiger partial charge in [-0.3, -0.25) is 4.31 Å². The molecule has 0 saturated heterocycles. The molecule has 7 heteroatoms. The van der Waals surface area contributed by atoms with Crippen LogP contribution in [-0.2, 0) is 25.6 Å². The number of anilines is 1. The summed E-state index contributed by atoms with van der Waals surface area (Å²) in [6.45, 7) is 15.2. The monoisotopic (exact) mass is 466 g/mol. The first-order valence-electron chi connectivity index (χ1n) is 10.2. The highest BCUT2D eigenvalue weighted by atomic mass is 32.1. The van der Waals surface area contributed by atoms with Gasteiger partial charge in [-0.15, -0.1) is 11.3 Å². The Morgan fingerprint density at radius 3 is 2.55 bits per heavy atom. The highest BCUT2D eigenvalue weighted by Crippen LogP contribution is 2.46. The Balaban J connectivity index is 2.02. The molecule has 0 amide bonds. The summed E-state index contributed by atoms with van der Waals surface area (Å²) >= 11 is 5.93. The number of allylic oxidation sites excluding steroid dienone is 1. The van der Waals surface area contributed by atoms with Crippen LogP contribution in [0, 0.1) is 5.41 Å². The average Bonchev–Trinajstić information content (AvgIpc) is 2.96. The van der Waals surface area contributed by atoms with Gasteiger partial charge in [0.15, 0.2) is 0 Å². The summed E-state index contributed by atoms with van der Waals surface area (Å²) in [5.41, 5.74) is 4.47. The molecule has 1 N–H and O–H groups in total. The lowest BCUT2D eigenvalue weighted by Crippen LogP contribution is -2.21. The van der Waals surface area contributed by atoms with Crippen LogP contribution in [0.4, 0.5) is 18.2 Å². The third kappa shape index (κ3) is 5.38. The number of hydrogen-bond acceptors (Lipinski definition) is 4. The molecule has 168 valence electrons. The van der Waals surface area contributed by atoms with Crippen LogP contribution in [0.1, 0.15) is 59.9 Å². The summed E-state index contributed by atoms with van der Waals surface area (Å²) in [6.07, 6.45) is -1.34. The van der Waals surface area contributed by atoms with Gasteiger partial charge in [0.2, 0.25) is 0 Å². The highest BCUT2D eigenvalue weighted by molar-refractivity contribution is 7.77. The molecular formula is C24H29F3N2S2. The van der Waals surface area contributed by atoms with Crippen LogP contribution in [0.25, 0.3) is 11.3 Å². The maximum atomic E-state index is 13.4. The zero-order valence-corrected chi connectivity index (χ0v) is 20.1. The van der Waals surface area contributed by atoms with Gasteiger partial charge in [-0.2, -0.15) is 13.2 Å². The number of aryl methyl sites for hydroxylation is 1. The first-order valence-corrected chi connectivity index (χ1v) is 11.4. The Labute approximate surface area is 192 Å². The Hall–Kier alpha value is -1.70. The van der Waals surface area contributed by atoms with E-state index in [4.69, 9.17) is 0 Å². The van der Waals surface area contributed by atoms with E-state index in [0.717, 1.165) is 47.0 Å². The van der Waals surface area contributed by atoms with E-state index >= 15 is 0 Å². The summed E-state index contributed by atoms with van der Waals surface area (Å²) in [7, 11) is 1.76. The molecule has 0 saturated carbocycles. The maximum absolute atomic E-state index is 13.4. The Bertz CT molecular complexity index is 1020. The molecule has 0 fully saturated rings. The van der Waals surface area contributed by atoms with Gasteiger partial charge in [-0.05, 0) is 67.5 Å². The standard InChI is InChI=1S/C24H29F3N2S2/c1-14(2)21-19-12-23(4,5)10-9-20(19)31-22(21)28-15(3)18-11-17(24(25,26)27)8-7-16(18)13-29(6)30/h7-8,11,28,30H,1,3,9-10,12-13H2,2,4-6H3. The SMILES string of the molecule is C=C(Nc1sc2c(c1C(=C)C)CC(C)(C)CC2)c1cc(C(F)(F)F)ccc1CN(C)S. The van der Waals surface area contributed by atoms with Crippen LogP contribution in [0.2, 0.25) is 0 Å². The molecule has 1 heterocycles. The van der Waals surface area contributed by atoms with Crippen molar-refractivity contribution in [3.63, 3.8) is 0 Å². The van der Waals surface area contributed by atoms with Crippen molar-refractivity contribution in [2.24, 2.45) is 5.41 Å². The van der Waals surface area contributed by atoms with Crippen LogP contribution >= 0.6 is 24.2 Å². The van der Waals surface area contributed by atoms with Crippen molar-refractivity contribution in [2.45, 2.75) is 52.8 Å². The second kappa shape index (κ2) is 8.68.